The van der Waals surface area contributed by atoms with Crippen LogP contribution in [0.3, 0.4) is 0 Å². The van der Waals surface area contributed by atoms with Crippen molar-refractivity contribution in [3.05, 3.63) is 40.2 Å². The zero-order valence-electron chi connectivity index (χ0n) is 14.8. The molecule has 0 spiro atoms. The van der Waals surface area contributed by atoms with Crippen LogP contribution < -0.4 is 10.3 Å². The van der Waals surface area contributed by atoms with Crippen molar-refractivity contribution in [1.82, 2.24) is 4.98 Å². The van der Waals surface area contributed by atoms with Gasteiger partial charge in [-0.05, 0) is 18.6 Å². The molecule has 25 heavy (non-hydrogen) atoms. The number of fused-ring (bicyclic) bond motifs is 1. The van der Waals surface area contributed by atoms with Crippen molar-refractivity contribution in [3.8, 4) is 11.5 Å². The minimum Gasteiger partial charge on any atom is -0.508 e. The van der Waals surface area contributed by atoms with Crippen molar-refractivity contribution in [2.45, 2.75) is 45.4 Å². The molecule has 0 aliphatic carbocycles. The van der Waals surface area contributed by atoms with Gasteiger partial charge in [0.25, 0.3) is 5.56 Å². The summed E-state index contributed by atoms with van der Waals surface area (Å²) in [4.78, 5) is 15.1. The van der Waals surface area contributed by atoms with Crippen molar-refractivity contribution in [1.29, 1.82) is 0 Å². The van der Waals surface area contributed by atoms with Crippen LogP contribution in [-0.4, -0.2) is 28.4 Å². The van der Waals surface area contributed by atoms with E-state index in [1.54, 1.807) is 24.3 Å². The maximum atomic E-state index is 12.4. The van der Waals surface area contributed by atoms with Crippen molar-refractivity contribution in [2.75, 3.05) is 13.2 Å². The van der Waals surface area contributed by atoms with Gasteiger partial charge >= 0.3 is 0 Å². The summed E-state index contributed by atoms with van der Waals surface area (Å²) in [5, 5.41) is 19.4. The number of hydrogen-bond donors (Lipinski definition) is 3. The summed E-state index contributed by atoms with van der Waals surface area (Å²) in [5.41, 5.74) is 0.829. The second-order valence-corrected chi connectivity index (χ2v) is 6.13. The molecule has 0 aliphatic heterocycles. The molecule has 0 fully saturated rings. The molecular formula is C20H27NO4. The predicted molar refractivity (Wildman–Crippen MR) is 101 cm³/mol. The summed E-state index contributed by atoms with van der Waals surface area (Å²) in [6, 6.07) is 4.80. The lowest BCUT2D eigenvalue weighted by molar-refractivity contribution is 0.300. The number of hydrogen-bond acceptors (Lipinski definition) is 4. The molecule has 1 aromatic heterocycles. The zero-order chi connectivity index (χ0) is 18.1. The number of unbranched alkanes of at least 4 members (excludes halogenated alkanes) is 5. The minimum absolute atomic E-state index is 0.0842. The second-order valence-electron chi connectivity index (χ2n) is 6.13. The number of phenolic OH excluding ortho intramolecular Hbond substituents is 1. The van der Waals surface area contributed by atoms with Gasteiger partial charge in [0.15, 0.2) is 5.75 Å². The molecule has 3 N–H and O–H groups in total. The highest BCUT2D eigenvalue weighted by molar-refractivity contribution is 5.91. The van der Waals surface area contributed by atoms with Gasteiger partial charge in [-0.3, -0.25) is 4.79 Å². The molecule has 0 atom stereocenters. The van der Waals surface area contributed by atoms with E-state index in [9.17, 15) is 9.90 Å². The van der Waals surface area contributed by atoms with Gasteiger partial charge in [0.05, 0.1) is 18.7 Å². The summed E-state index contributed by atoms with van der Waals surface area (Å²) in [6.45, 7) is 2.55. The van der Waals surface area contributed by atoms with Crippen molar-refractivity contribution >= 4 is 17.0 Å². The number of pyridine rings is 1. The summed E-state index contributed by atoms with van der Waals surface area (Å²) >= 11 is 0. The van der Waals surface area contributed by atoms with Crippen LogP contribution in [-0.2, 0) is 0 Å². The highest BCUT2D eigenvalue weighted by Gasteiger charge is 2.12. The average Bonchev–Trinajstić information content (AvgIpc) is 2.59. The molecule has 1 aromatic carbocycles. The summed E-state index contributed by atoms with van der Waals surface area (Å²) < 4.78 is 5.77. The van der Waals surface area contributed by atoms with E-state index in [4.69, 9.17) is 9.84 Å². The second kappa shape index (κ2) is 9.89. The van der Waals surface area contributed by atoms with Crippen LogP contribution >= 0.6 is 0 Å². The number of aliphatic hydroxyl groups excluding tert-OH is 1. The van der Waals surface area contributed by atoms with E-state index in [0.717, 1.165) is 18.2 Å². The quantitative estimate of drug-likeness (QED) is 0.569. The van der Waals surface area contributed by atoms with Crippen molar-refractivity contribution in [3.63, 3.8) is 0 Å². The number of benzene rings is 1. The highest BCUT2D eigenvalue weighted by atomic mass is 16.5. The first-order chi connectivity index (χ1) is 12.2. The van der Waals surface area contributed by atoms with Crippen LogP contribution in [0.5, 0.6) is 11.5 Å². The van der Waals surface area contributed by atoms with Crippen LogP contribution in [0.4, 0.5) is 0 Å². The molecule has 0 unspecified atom stereocenters. The first-order valence-corrected chi connectivity index (χ1v) is 8.96. The van der Waals surface area contributed by atoms with E-state index >= 15 is 0 Å². The number of H-pyrrole nitrogens is 1. The van der Waals surface area contributed by atoms with Gasteiger partial charge in [-0.2, -0.15) is 0 Å². The fourth-order valence-corrected chi connectivity index (χ4v) is 2.83. The number of rotatable bonds is 10. The minimum atomic E-state index is -0.332. The fraction of sp³-hybridized carbons (Fsp3) is 0.450. The van der Waals surface area contributed by atoms with E-state index in [1.807, 2.05) is 0 Å². The van der Waals surface area contributed by atoms with Crippen molar-refractivity contribution in [2.24, 2.45) is 0 Å². The molecule has 0 bridgehead atoms. The zero-order valence-corrected chi connectivity index (χ0v) is 14.8. The molecule has 5 heteroatoms. The van der Waals surface area contributed by atoms with Crippen LogP contribution in [0.25, 0.3) is 17.0 Å². The van der Waals surface area contributed by atoms with Gasteiger partial charge in [-0.15, -0.1) is 0 Å². The summed E-state index contributed by atoms with van der Waals surface area (Å²) in [5.74, 6) is 0.345. The Kier molecular flexibility index (Phi) is 7.54. The molecule has 0 aliphatic rings. The molecular weight excluding hydrogens is 318 g/mol. The van der Waals surface area contributed by atoms with E-state index in [2.05, 4.69) is 11.9 Å². The first-order valence-electron chi connectivity index (χ1n) is 8.96. The normalized spacial score (nSPS) is 11.4. The number of aromatic amines is 1. The maximum absolute atomic E-state index is 12.4. The third-order valence-corrected chi connectivity index (χ3v) is 4.13. The van der Waals surface area contributed by atoms with Gasteiger partial charge in [-0.1, -0.05) is 51.2 Å². The largest absolute Gasteiger partial charge is 0.508 e. The molecule has 0 saturated carbocycles. The monoisotopic (exact) mass is 345 g/mol. The molecule has 5 nitrogen and oxygen atoms in total. The van der Waals surface area contributed by atoms with Crippen LogP contribution in [0.1, 0.15) is 51.0 Å². The molecule has 2 aromatic rings. The first kappa shape index (κ1) is 19.1. The lowest BCUT2D eigenvalue weighted by atomic mass is 10.1. The molecule has 0 saturated heterocycles. The van der Waals surface area contributed by atoms with Crippen LogP contribution in [0.15, 0.2) is 29.1 Å². The molecule has 2 rings (SSSR count). The standard InChI is InChI=1S/C20H27NO4/c1-2-3-4-5-6-7-13-25-19-17(9-8-12-22)16-11-10-15(23)14-18(16)21-20(19)24/h8-11,14,22-23H,2-7,12-13H2,1H3,(H,21,24). The Bertz CT molecular complexity index is 764. The van der Waals surface area contributed by atoms with Crippen molar-refractivity contribution < 1.29 is 14.9 Å². The summed E-state index contributed by atoms with van der Waals surface area (Å²) in [6.07, 6.45) is 10.1. The SMILES string of the molecule is CCCCCCCCOc1c(C=CCO)c2ccc(O)cc2[nH]c1=O. The van der Waals surface area contributed by atoms with Gasteiger partial charge in [0, 0.05) is 17.0 Å². The Morgan fingerprint density at radius 2 is 1.92 bits per heavy atom. The number of phenols is 1. The topological polar surface area (TPSA) is 82.5 Å². The van der Waals surface area contributed by atoms with E-state index < -0.39 is 0 Å². The third kappa shape index (κ3) is 5.36. The number of nitrogens with one attached hydrogen (secondary N) is 1. The van der Waals surface area contributed by atoms with Gasteiger partial charge in [0.1, 0.15) is 5.75 Å². The number of aliphatic hydroxyl groups is 1. The fourth-order valence-electron chi connectivity index (χ4n) is 2.83. The Labute approximate surface area is 148 Å². The number of ether oxygens (including phenoxy) is 1. The number of aromatic nitrogens is 1. The lowest BCUT2D eigenvalue weighted by Gasteiger charge is -2.11. The molecule has 0 radical (unpaired) electrons. The van der Waals surface area contributed by atoms with Gasteiger partial charge in [-0.25, -0.2) is 0 Å². The Morgan fingerprint density at radius 1 is 1.16 bits per heavy atom. The molecule has 1 heterocycles. The predicted octanol–water partition coefficient (Wildman–Crippen LogP) is 3.98. The maximum Gasteiger partial charge on any atom is 0.291 e. The Balaban J connectivity index is 2.17. The van der Waals surface area contributed by atoms with E-state index in [0.29, 0.717) is 17.7 Å². The molecule has 136 valence electrons. The van der Waals surface area contributed by atoms with Gasteiger partial charge < -0.3 is 19.9 Å². The highest BCUT2D eigenvalue weighted by Crippen LogP contribution is 2.27. The molecule has 0 amide bonds. The smallest absolute Gasteiger partial charge is 0.291 e. The van der Waals surface area contributed by atoms with E-state index in [-0.39, 0.29) is 23.7 Å². The third-order valence-electron chi connectivity index (χ3n) is 4.13. The lowest BCUT2D eigenvalue weighted by Crippen LogP contribution is -2.14. The average molecular weight is 345 g/mol. The Hall–Kier alpha value is -2.27. The summed E-state index contributed by atoms with van der Waals surface area (Å²) in [7, 11) is 0. The van der Waals surface area contributed by atoms with Crippen LogP contribution in [0.2, 0.25) is 0 Å². The Morgan fingerprint density at radius 3 is 2.68 bits per heavy atom. The van der Waals surface area contributed by atoms with Crippen LogP contribution in [0, 0.1) is 0 Å². The number of aromatic hydroxyl groups is 1. The van der Waals surface area contributed by atoms with Gasteiger partial charge in [0.2, 0.25) is 0 Å². The van der Waals surface area contributed by atoms with E-state index in [1.165, 1.54) is 31.7 Å².